The van der Waals surface area contributed by atoms with Gasteiger partial charge in [-0.3, -0.25) is 10.2 Å². The van der Waals surface area contributed by atoms with Crippen LogP contribution in [0.1, 0.15) is 11.3 Å². The highest BCUT2D eigenvalue weighted by molar-refractivity contribution is 8.00. The summed E-state index contributed by atoms with van der Waals surface area (Å²) in [4.78, 5) is 28.8. The number of thiophene rings is 1. The van der Waals surface area contributed by atoms with Crippen molar-refractivity contribution in [3.05, 3.63) is 40.6 Å². The summed E-state index contributed by atoms with van der Waals surface area (Å²) in [6.07, 6.45) is -2.10. The average molecular weight is 617 g/mol. The van der Waals surface area contributed by atoms with E-state index >= 15 is 0 Å². The summed E-state index contributed by atoms with van der Waals surface area (Å²) in [5, 5.41) is 17.7. The first-order valence-electron chi connectivity index (χ1n) is 11.7. The van der Waals surface area contributed by atoms with Crippen molar-refractivity contribution in [2.45, 2.75) is 16.8 Å². The number of aliphatic carboxylic acids is 1. The summed E-state index contributed by atoms with van der Waals surface area (Å²) < 4.78 is 43.8. The maximum atomic E-state index is 12.5. The van der Waals surface area contributed by atoms with Crippen LogP contribution in [-0.2, 0) is 14.3 Å². The molecule has 4 N–H and O–H groups in total. The van der Waals surface area contributed by atoms with Crippen LogP contribution in [0.5, 0.6) is 5.75 Å². The van der Waals surface area contributed by atoms with E-state index in [1.165, 1.54) is 11.3 Å². The predicted molar refractivity (Wildman–Crippen MR) is 149 cm³/mol. The second-order valence-electron chi connectivity index (χ2n) is 8.54. The number of alkyl halides is 3. The monoisotopic (exact) mass is 616 g/mol. The van der Waals surface area contributed by atoms with Crippen LogP contribution < -0.4 is 10.5 Å². The van der Waals surface area contributed by atoms with Gasteiger partial charge in [-0.15, -0.1) is 34.4 Å². The Labute approximate surface area is 240 Å². The summed E-state index contributed by atoms with van der Waals surface area (Å²) >= 11 is 4.69. The maximum Gasteiger partial charge on any atom is 0.490 e. The van der Waals surface area contributed by atoms with Crippen LogP contribution in [0.25, 0.3) is 21.8 Å². The summed E-state index contributed by atoms with van der Waals surface area (Å²) in [5.41, 5.74) is 8.45. The number of thiazole rings is 1. The molecule has 15 heteroatoms. The zero-order valence-electron chi connectivity index (χ0n) is 21.5. The number of ether oxygens (including phenoxy) is 2. The molecule has 3 heterocycles. The zero-order chi connectivity index (χ0) is 29.4. The van der Waals surface area contributed by atoms with Gasteiger partial charge in [0.05, 0.1) is 21.4 Å². The minimum atomic E-state index is -5.08. The highest BCUT2D eigenvalue weighted by Gasteiger charge is 2.38. The summed E-state index contributed by atoms with van der Waals surface area (Å²) in [6, 6.07) is 9.58. The molecule has 0 bridgehead atoms. The Balaban J connectivity index is 0.000000559. The molecule has 1 amide bonds. The molecule has 9 nitrogen and oxygen atoms in total. The van der Waals surface area contributed by atoms with Crippen molar-refractivity contribution in [3.63, 3.8) is 0 Å². The Kier molecular flexibility index (Phi) is 11.0. The molecule has 40 heavy (non-hydrogen) atoms. The second kappa shape index (κ2) is 14.0. The number of likely N-dealkylation sites (tertiary alicyclic amines) is 1. The molecule has 0 radical (unpaired) electrons. The number of nitrogens with one attached hydrogen (secondary N) is 1. The van der Waals surface area contributed by atoms with Crippen molar-refractivity contribution in [2.24, 2.45) is 11.7 Å². The van der Waals surface area contributed by atoms with Gasteiger partial charge in [-0.1, -0.05) is 12.1 Å². The highest BCUT2D eigenvalue weighted by Crippen LogP contribution is 2.40. The van der Waals surface area contributed by atoms with Crippen molar-refractivity contribution >= 4 is 52.1 Å². The number of nitrogen functional groups attached to an aromatic ring is 1. The maximum absolute atomic E-state index is 12.5. The first kappa shape index (κ1) is 31.4. The Morgan fingerprint density at radius 2 is 2.05 bits per heavy atom. The number of nitrogens with two attached hydrogens (primary N) is 1. The molecular weight excluding hydrogens is 589 g/mol. The molecule has 1 saturated heterocycles. The van der Waals surface area contributed by atoms with Gasteiger partial charge in [0.1, 0.15) is 16.6 Å². The van der Waals surface area contributed by atoms with Crippen LogP contribution in [-0.4, -0.2) is 78.5 Å². The van der Waals surface area contributed by atoms with Crippen molar-refractivity contribution in [1.29, 1.82) is 5.41 Å². The fourth-order valence-electron chi connectivity index (χ4n) is 3.75. The average Bonchev–Trinajstić information content (AvgIpc) is 3.67. The normalized spacial score (nSPS) is 14.9. The molecule has 1 aliphatic rings. The van der Waals surface area contributed by atoms with E-state index in [2.05, 4.69) is 0 Å². The molecule has 0 aliphatic carbocycles. The first-order valence-corrected chi connectivity index (χ1v) is 14.6. The first-order chi connectivity index (χ1) is 18.9. The van der Waals surface area contributed by atoms with Crippen LogP contribution in [0.15, 0.2) is 39.9 Å². The molecule has 1 fully saturated rings. The number of amides is 1. The van der Waals surface area contributed by atoms with Gasteiger partial charge in [0.2, 0.25) is 0 Å². The van der Waals surface area contributed by atoms with E-state index in [1.807, 2.05) is 46.9 Å². The van der Waals surface area contributed by atoms with Crippen LogP contribution >= 0.6 is 34.4 Å². The van der Waals surface area contributed by atoms with Crippen molar-refractivity contribution in [1.82, 2.24) is 9.88 Å². The molecule has 1 aromatic carbocycles. The van der Waals surface area contributed by atoms with E-state index in [0.29, 0.717) is 18.3 Å². The summed E-state index contributed by atoms with van der Waals surface area (Å²) in [6.45, 7) is 2.18. The number of amidine groups is 1. The molecule has 1 aliphatic heterocycles. The van der Waals surface area contributed by atoms with E-state index < -0.39 is 12.1 Å². The number of benzene rings is 1. The largest absolute Gasteiger partial charge is 0.490 e. The minimum Gasteiger partial charge on any atom is -0.484 e. The standard InChI is InChI=1S/C23H26N4O3S3.C2HF3O2/c1-29-11-14-6-7-27(10-14)20(28)12-30-16-5-3-4-15(8-16)18-13-32-22(26-18)17-9-19(21(24)25)33-23(17)31-2;3-2(4,5)1(6)7/h3-5,8-9,13-14H,6-7,10-12H2,1-2H3,(H3,24,25);(H,6,7)/t14-;/m1./s1. The number of hydrogen-bond donors (Lipinski definition) is 3. The molecule has 216 valence electrons. The van der Waals surface area contributed by atoms with Crippen molar-refractivity contribution < 1.29 is 37.3 Å². The van der Waals surface area contributed by atoms with Gasteiger partial charge >= 0.3 is 12.1 Å². The Hall–Kier alpha value is -3.14. The van der Waals surface area contributed by atoms with Crippen LogP contribution in [0.2, 0.25) is 0 Å². The van der Waals surface area contributed by atoms with Gasteiger partial charge in [-0.2, -0.15) is 13.2 Å². The molecule has 4 rings (SSSR count). The lowest BCUT2D eigenvalue weighted by Crippen LogP contribution is -2.33. The molecular formula is C25H27F3N4O5S3. The molecule has 0 saturated carbocycles. The Bertz CT molecular complexity index is 1350. The van der Waals surface area contributed by atoms with Gasteiger partial charge < -0.3 is 25.2 Å². The van der Waals surface area contributed by atoms with Crippen LogP contribution in [0.4, 0.5) is 13.2 Å². The fraction of sp³-hybridized carbons (Fsp3) is 0.360. The number of nitrogens with zero attached hydrogens (tertiary/aromatic N) is 2. The van der Waals surface area contributed by atoms with Gasteiger partial charge in [-0.05, 0) is 30.9 Å². The number of hydrogen-bond acceptors (Lipinski definition) is 9. The topological polar surface area (TPSA) is 139 Å². The van der Waals surface area contributed by atoms with E-state index in [9.17, 15) is 18.0 Å². The number of aromatic nitrogens is 1. The third-order valence-electron chi connectivity index (χ3n) is 5.66. The third kappa shape index (κ3) is 8.43. The van der Waals surface area contributed by atoms with E-state index in [1.54, 1.807) is 30.2 Å². The third-order valence-corrected chi connectivity index (χ3v) is 8.84. The highest BCUT2D eigenvalue weighted by atomic mass is 32.2. The molecule has 1 atom stereocenters. The molecule has 2 aromatic heterocycles. The number of methoxy groups -OCH3 is 1. The van der Waals surface area contributed by atoms with E-state index in [0.717, 1.165) is 50.4 Å². The lowest BCUT2D eigenvalue weighted by Gasteiger charge is -2.17. The second-order valence-corrected chi connectivity index (χ2v) is 11.5. The van der Waals surface area contributed by atoms with Crippen LogP contribution in [0, 0.1) is 11.3 Å². The predicted octanol–water partition coefficient (Wildman–Crippen LogP) is 5.05. The van der Waals surface area contributed by atoms with Gasteiger partial charge in [0.15, 0.2) is 6.61 Å². The number of carbonyl (C=O) groups is 2. The lowest BCUT2D eigenvalue weighted by atomic mass is 10.1. The fourth-order valence-corrected chi connectivity index (χ4v) is 6.46. The number of carboxylic acids is 1. The molecule has 0 unspecified atom stereocenters. The summed E-state index contributed by atoms with van der Waals surface area (Å²) in [5.74, 6) is -1.64. The van der Waals surface area contributed by atoms with Gasteiger partial charge in [0.25, 0.3) is 5.91 Å². The number of halogens is 3. The van der Waals surface area contributed by atoms with E-state index in [4.69, 9.17) is 35.5 Å². The minimum absolute atomic E-state index is 0.00159. The summed E-state index contributed by atoms with van der Waals surface area (Å²) in [7, 11) is 1.69. The SMILES string of the molecule is COC[C@@H]1CCN(C(=O)COc2cccc(-c3csc(-c4cc(C(=N)N)sc4SC)n3)c2)C1.O=C(O)C(F)(F)F. The van der Waals surface area contributed by atoms with Crippen molar-refractivity contribution in [2.75, 3.05) is 39.7 Å². The number of thioether (sulfide) groups is 1. The number of carbonyl (C=O) groups excluding carboxylic acids is 1. The van der Waals surface area contributed by atoms with E-state index in [-0.39, 0.29) is 18.3 Å². The smallest absolute Gasteiger partial charge is 0.484 e. The van der Waals surface area contributed by atoms with Crippen molar-refractivity contribution in [3.8, 4) is 27.6 Å². The molecule has 3 aromatic rings. The quantitative estimate of drug-likeness (QED) is 0.173. The van der Waals surface area contributed by atoms with Gasteiger partial charge in [-0.25, -0.2) is 9.78 Å². The Morgan fingerprint density at radius 1 is 1.32 bits per heavy atom. The number of rotatable bonds is 9. The molecule has 0 spiro atoms. The van der Waals surface area contributed by atoms with Crippen LogP contribution in [0.3, 0.4) is 0 Å². The van der Waals surface area contributed by atoms with Gasteiger partial charge in [0, 0.05) is 42.6 Å². The zero-order valence-corrected chi connectivity index (χ0v) is 23.9. The number of carboxylic acid groups (broad SMARTS) is 1. The lowest BCUT2D eigenvalue weighted by molar-refractivity contribution is -0.192. The Morgan fingerprint density at radius 3 is 2.67 bits per heavy atom.